The molecule has 2 heterocycles. The molecular formula is C91H126N12O28S3. The number of likely N-dealkylation sites (N-methyl/N-ethyl adjacent to an activating group) is 1. The number of thiazole rings is 1. The molecule has 15 N–H and O–H groups in total. The third kappa shape index (κ3) is 43.8. The Kier molecular flexibility index (Phi) is 52.6. The van der Waals surface area contributed by atoms with Crippen LogP contribution in [0.5, 0.6) is 5.75 Å². The zero-order valence-corrected chi connectivity index (χ0v) is 79.0. The number of ketones is 4. The van der Waals surface area contributed by atoms with E-state index in [1.807, 2.05) is 46.6 Å². The molecule has 0 spiro atoms. The zero-order chi connectivity index (χ0) is 99.5. The lowest BCUT2D eigenvalue weighted by Gasteiger charge is -2.39. The normalized spacial score (nSPS) is 15.0. The number of alkyl carbamates (subject to hydrolysis) is 1. The highest BCUT2D eigenvalue weighted by Crippen LogP contribution is 2.35. The Labute approximate surface area is 788 Å². The molecule has 1 unspecified atom stereocenters. The fourth-order valence-electron chi connectivity index (χ4n) is 14.4. The van der Waals surface area contributed by atoms with Crippen LogP contribution < -0.4 is 48.3 Å². The Morgan fingerprint density at radius 2 is 1.28 bits per heavy atom. The molecule has 1 aromatic heterocycles. The second kappa shape index (κ2) is 61.7. The molecule has 5 rings (SSSR count). The number of hydrogen-bond acceptors (Lipinski definition) is 30. The van der Waals surface area contributed by atoms with Crippen molar-refractivity contribution in [1.29, 1.82) is 0 Å². The van der Waals surface area contributed by atoms with Crippen LogP contribution in [0, 0.1) is 35.5 Å². The van der Waals surface area contributed by atoms with E-state index in [2.05, 4.69) is 47.5 Å². The Morgan fingerprint density at radius 3 is 1.89 bits per heavy atom. The number of nitrogens with zero attached hydrogens (tertiary/aromatic N) is 3. The number of urea groups is 1. The molecule has 1 fully saturated rings. The summed E-state index contributed by atoms with van der Waals surface area (Å²) >= 11 is 1.03. The second-order valence-electron chi connectivity index (χ2n) is 32.9. The molecule has 3 aromatic carbocycles. The first-order valence-electron chi connectivity index (χ1n) is 44.2. The van der Waals surface area contributed by atoms with Crippen molar-refractivity contribution in [3.8, 4) is 5.75 Å². The van der Waals surface area contributed by atoms with Gasteiger partial charge in [-0.2, -0.15) is 9.59 Å². The topological polar surface area (TPSA) is 612 Å². The molecule has 0 saturated carbocycles. The first-order chi connectivity index (χ1) is 63.7. The van der Waals surface area contributed by atoms with Crippen molar-refractivity contribution in [2.24, 2.45) is 41.2 Å². The van der Waals surface area contributed by atoms with Gasteiger partial charge in [0.1, 0.15) is 35.1 Å². The predicted molar refractivity (Wildman–Crippen MR) is 489 cm³/mol. The number of phenolic OH excluding ortho intramolecular Hbond substituents is 1. The van der Waals surface area contributed by atoms with E-state index >= 15 is 4.79 Å². The van der Waals surface area contributed by atoms with Gasteiger partial charge in [-0.05, 0) is 112 Å². The molecule has 40 nitrogen and oxygen atoms in total. The van der Waals surface area contributed by atoms with Gasteiger partial charge in [0.2, 0.25) is 29.5 Å². The van der Waals surface area contributed by atoms with Crippen molar-refractivity contribution in [2.75, 3.05) is 64.6 Å². The van der Waals surface area contributed by atoms with Crippen molar-refractivity contribution in [3.63, 3.8) is 0 Å². The minimum absolute atomic E-state index is 0.0159. The summed E-state index contributed by atoms with van der Waals surface area (Å²) in [7, 11) is 3.94. The van der Waals surface area contributed by atoms with Crippen LogP contribution in [0.25, 0.3) is 0 Å². The molecule has 736 valence electrons. The van der Waals surface area contributed by atoms with Crippen molar-refractivity contribution >= 4 is 146 Å². The van der Waals surface area contributed by atoms with Gasteiger partial charge in [-0.1, -0.05) is 149 Å². The summed E-state index contributed by atoms with van der Waals surface area (Å²) in [6.45, 7) is 10.9. The average Bonchev–Trinajstić information content (AvgIpc) is 1.13. The van der Waals surface area contributed by atoms with E-state index < -0.39 is 206 Å². The van der Waals surface area contributed by atoms with Crippen LogP contribution in [0.3, 0.4) is 0 Å². The van der Waals surface area contributed by atoms with Crippen molar-refractivity contribution in [1.82, 2.24) is 57.3 Å². The Hall–Kier alpha value is -12.1. The predicted octanol–water partition coefficient (Wildman–Crippen LogP) is 6.08. The molecule has 43 heteroatoms. The van der Waals surface area contributed by atoms with Crippen LogP contribution in [-0.2, 0) is 115 Å². The Balaban J connectivity index is 0.0000123. The van der Waals surface area contributed by atoms with Gasteiger partial charge in [-0.3, -0.25) is 76.8 Å². The van der Waals surface area contributed by atoms with Gasteiger partial charge in [0.05, 0.1) is 37.0 Å². The van der Waals surface area contributed by atoms with E-state index in [1.54, 1.807) is 79.7 Å². The van der Waals surface area contributed by atoms with Gasteiger partial charge >= 0.3 is 54.1 Å². The number of likely N-dealkylation sites (tertiary alicyclic amines) is 1. The van der Waals surface area contributed by atoms with Crippen LogP contribution >= 0.6 is 32.9 Å². The number of nitrogens with two attached hydrogens (primary N) is 1. The number of phenols is 1. The largest absolute Gasteiger partial charge is 0.508 e. The highest BCUT2D eigenvalue weighted by molar-refractivity contribution is 8.76. The molecule has 1 aliphatic heterocycles. The number of esters is 2. The number of aromatic hydroxyl groups is 1. The van der Waals surface area contributed by atoms with E-state index in [0.29, 0.717) is 36.0 Å². The van der Waals surface area contributed by atoms with Gasteiger partial charge in [0, 0.05) is 125 Å². The maximum absolute atomic E-state index is 15.1. The summed E-state index contributed by atoms with van der Waals surface area (Å²) in [5, 5.41) is 70.1. The number of Topliss-reactive ketones (excluding diaryl/α,β-unsaturated/α-hetero) is 4. The number of rotatable bonds is 62. The SMILES string of the molecule is CCCC(=O)OCN(C(=O)[C@@H](CC(=O)[C@H]1CCCCN1C)C(C)CC)[C@H](C[C@@H](OC(C)=O)c1nc(C(=O)N[C@@H](Cc2ccc(O)cc2)C[C@H](C)C(=O)CNC(=O)OCCSSC[C@@H](CC(=O)[C@H](CC(=O)O)NC(=O)[C@@H](N)CNC(=O)[C@@H](CC(=O)[C@H](Cc2ccccc2)NC(=O)CCNC(=O)CC[C@H](NC(=O)NCCCC(=O)O)C(=O)O)Cc2ccccc2)C(=O)O)cs1)C(C)C.O=C=O. The lowest BCUT2D eigenvalue weighted by Crippen LogP contribution is -2.53. The first-order valence-corrected chi connectivity index (χ1v) is 47.6. The Morgan fingerprint density at radius 1 is 0.642 bits per heavy atom. The third-order valence-electron chi connectivity index (χ3n) is 22.0. The zero-order valence-electron chi connectivity index (χ0n) is 76.5. The number of hydrogen-bond donors (Lipinski definition) is 14. The summed E-state index contributed by atoms with van der Waals surface area (Å²) in [6.07, 6.45) is -1.53. The number of carboxylic acid groups (broad SMARTS) is 4. The lowest BCUT2D eigenvalue weighted by atomic mass is 9.82. The van der Waals surface area contributed by atoms with Crippen LogP contribution in [0.2, 0.25) is 0 Å². The van der Waals surface area contributed by atoms with Crippen LogP contribution in [-0.4, -0.2) is 260 Å². The summed E-state index contributed by atoms with van der Waals surface area (Å²) in [5.74, 6) is -18.0. The Bertz CT molecular complexity index is 4580. The molecule has 134 heavy (non-hydrogen) atoms. The molecule has 9 amide bonds. The number of carbonyl (C=O) groups is 18. The molecule has 1 aliphatic rings. The monoisotopic (exact) mass is 1930 g/mol. The summed E-state index contributed by atoms with van der Waals surface area (Å²) in [4.78, 5) is 262. The fraction of sp³-hybridized carbons (Fsp3) is 0.560. The first kappa shape index (κ1) is 114. The standard InChI is InChI=1S/C90H126N12O26S3.CO2/c1-9-20-81(115)127-52-102(86(119)64(54(5)10-2)45-74(107)70-25-17-18-36-101(70)8)71(53(3)4)47-76(128-56(7)103)85-99-69(51-129-85)84(118)96-62(41-59-27-29-63(104)30-28-59)39-55(6)75(108)49-95-90(125)126-37-38-130-131-50-61(87(120)121)44-73(106)68(46-80(113)114)98-83(117)65(91)48-94-82(116)60(40-57-21-13-11-14-22-57)43-72(105)67(42-58-23-15-12-16-24-58)97-78(110)33-35-92-77(109)32-31-66(88(122)123)100-89(124)93-34-19-26-79(111)112;2-1-3/h11-16,21-24,27-30,51,53-55,60-62,64-68,70-71,76,104H,9-10,17-20,25-26,31-50,52,91H2,1-8H3,(H,92,109)(H,94,116)(H,95,125)(H,96,118)(H,97,110)(H,98,117)(H,111,112)(H,113,114)(H,120,121)(H,122,123)(H2,93,100,124);/t54?,55-,60+,61+,62+,64-,65-,66-,67-,68-,70+,71+,76+;/m0./s1. The number of aliphatic carboxylic acids is 4. The van der Waals surface area contributed by atoms with E-state index in [4.69, 9.17) is 34.6 Å². The van der Waals surface area contributed by atoms with Crippen LogP contribution in [0.4, 0.5) is 9.59 Å². The van der Waals surface area contributed by atoms with Crippen LogP contribution in [0.1, 0.15) is 196 Å². The van der Waals surface area contributed by atoms with Gasteiger partial charge < -0.3 is 92.9 Å². The van der Waals surface area contributed by atoms with Crippen molar-refractivity contribution in [3.05, 3.63) is 118 Å². The smallest absolute Gasteiger partial charge is 0.407 e. The minimum atomic E-state index is -1.79. The summed E-state index contributed by atoms with van der Waals surface area (Å²) in [5.41, 5.74) is 8.07. The number of nitrogens with one attached hydrogen (secondary N) is 8. The van der Waals surface area contributed by atoms with E-state index in [0.717, 1.165) is 52.3 Å². The summed E-state index contributed by atoms with van der Waals surface area (Å²) < 4.78 is 16.9. The minimum Gasteiger partial charge on any atom is -0.508 e. The second-order valence-corrected chi connectivity index (χ2v) is 36.4. The quantitative estimate of drug-likeness (QED) is 0.00783. The third-order valence-corrected chi connectivity index (χ3v) is 25.4. The molecule has 4 aromatic rings. The molecule has 1 saturated heterocycles. The number of ether oxygens (including phenoxy) is 3. The van der Waals surface area contributed by atoms with Gasteiger partial charge in [-0.15, -0.1) is 11.3 Å². The number of aromatic nitrogens is 1. The number of carbonyl (C=O) groups excluding carboxylic acids is 16. The lowest BCUT2D eigenvalue weighted by molar-refractivity contribution is -0.192. The molecule has 13 atom stereocenters. The number of benzene rings is 3. The van der Waals surface area contributed by atoms with Gasteiger partial charge in [0.15, 0.2) is 36.0 Å². The molecule has 0 bridgehead atoms. The number of amides is 9. The maximum Gasteiger partial charge on any atom is 0.407 e. The highest BCUT2D eigenvalue weighted by Gasteiger charge is 2.41. The van der Waals surface area contributed by atoms with E-state index in [9.17, 15) is 102 Å². The van der Waals surface area contributed by atoms with Gasteiger partial charge in [-0.25, -0.2) is 19.4 Å². The van der Waals surface area contributed by atoms with Crippen molar-refractivity contribution in [2.45, 2.75) is 225 Å². The highest BCUT2D eigenvalue weighted by atomic mass is 33.1. The molecule has 0 radical (unpaired) electrons. The van der Waals surface area contributed by atoms with E-state index in [1.165, 1.54) is 29.3 Å². The fourth-order valence-corrected chi connectivity index (χ4v) is 17.4. The van der Waals surface area contributed by atoms with E-state index in [-0.39, 0.29) is 155 Å². The van der Waals surface area contributed by atoms with Crippen LogP contribution in [0.15, 0.2) is 90.3 Å². The van der Waals surface area contributed by atoms with Gasteiger partial charge in [0.25, 0.3) is 5.91 Å². The average molecular weight is 1930 g/mol. The molecule has 0 aliphatic carbocycles. The van der Waals surface area contributed by atoms with Crippen molar-refractivity contribution < 1.29 is 136 Å². The number of carboxylic acids is 4. The maximum atomic E-state index is 15.1. The molecular weight excluding hydrogens is 1810 g/mol. The summed E-state index contributed by atoms with van der Waals surface area (Å²) in [6, 6.07) is 14.4. The number of piperidine rings is 1.